The molecule has 3 nitrogen and oxygen atoms in total. The number of aryl methyl sites for hydroxylation is 2. The lowest BCUT2D eigenvalue weighted by atomic mass is 10.0. The first-order valence-corrected chi connectivity index (χ1v) is 7.78. The van der Waals surface area contributed by atoms with E-state index in [2.05, 4.69) is 37.4 Å². The molecule has 0 amide bonds. The maximum Gasteiger partial charge on any atom is 0.148 e. The maximum atomic E-state index is 11.3. The minimum absolute atomic E-state index is 0.0220. The Balaban J connectivity index is 2.80. The van der Waals surface area contributed by atoms with Gasteiger partial charge in [0.1, 0.15) is 9.84 Å². The van der Waals surface area contributed by atoms with Crippen LogP contribution in [-0.4, -0.2) is 33.5 Å². The summed E-state index contributed by atoms with van der Waals surface area (Å²) < 4.78 is 22.6. The standard InChI is InChI=1S/C13H21NO2S/c1-10-5-11(2)7-12(6-10)8-13(14-3)9-17(4,15)16/h5-7,13-14H,8-9H2,1-4H3. The van der Waals surface area contributed by atoms with Crippen molar-refractivity contribution in [3.8, 4) is 0 Å². The highest BCUT2D eigenvalue weighted by molar-refractivity contribution is 7.90. The fraction of sp³-hybridized carbons (Fsp3) is 0.538. The maximum absolute atomic E-state index is 11.3. The molecule has 1 aromatic rings. The van der Waals surface area contributed by atoms with Crippen LogP contribution in [0.25, 0.3) is 0 Å². The van der Waals surface area contributed by atoms with Crippen LogP contribution in [0.2, 0.25) is 0 Å². The molecule has 0 saturated heterocycles. The number of rotatable bonds is 5. The van der Waals surface area contributed by atoms with Gasteiger partial charge in [0.05, 0.1) is 5.75 Å². The predicted octanol–water partition coefficient (Wildman–Crippen LogP) is 1.48. The van der Waals surface area contributed by atoms with Crippen molar-refractivity contribution in [2.45, 2.75) is 26.3 Å². The topological polar surface area (TPSA) is 46.2 Å². The Morgan fingerprint density at radius 3 is 2.12 bits per heavy atom. The highest BCUT2D eigenvalue weighted by Crippen LogP contribution is 2.11. The van der Waals surface area contributed by atoms with Crippen LogP contribution in [0.3, 0.4) is 0 Å². The SMILES string of the molecule is CNC(Cc1cc(C)cc(C)c1)CS(C)(=O)=O. The van der Waals surface area contributed by atoms with E-state index in [1.807, 2.05) is 0 Å². The summed E-state index contributed by atoms with van der Waals surface area (Å²) in [5, 5.41) is 3.07. The van der Waals surface area contributed by atoms with Gasteiger partial charge in [-0.15, -0.1) is 0 Å². The molecule has 4 heteroatoms. The van der Waals surface area contributed by atoms with Gasteiger partial charge < -0.3 is 5.32 Å². The number of nitrogens with one attached hydrogen (secondary N) is 1. The molecule has 1 aromatic carbocycles. The molecule has 0 radical (unpaired) electrons. The minimum Gasteiger partial charge on any atom is -0.316 e. The Morgan fingerprint density at radius 2 is 1.71 bits per heavy atom. The number of likely N-dealkylation sites (N-methyl/N-ethyl adjacent to an activating group) is 1. The summed E-state index contributed by atoms with van der Waals surface area (Å²) in [6, 6.07) is 6.32. The zero-order chi connectivity index (χ0) is 13.1. The van der Waals surface area contributed by atoms with Gasteiger partial charge in [-0.3, -0.25) is 0 Å². The van der Waals surface area contributed by atoms with E-state index in [9.17, 15) is 8.42 Å². The number of hydrogen-bond donors (Lipinski definition) is 1. The van der Waals surface area contributed by atoms with Gasteiger partial charge in [-0.1, -0.05) is 29.3 Å². The van der Waals surface area contributed by atoms with Gasteiger partial charge in [-0.25, -0.2) is 8.42 Å². The molecule has 0 fully saturated rings. The molecule has 0 aliphatic heterocycles. The highest BCUT2D eigenvalue weighted by Gasteiger charge is 2.14. The average Bonchev–Trinajstić information content (AvgIpc) is 2.12. The van der Waals surface area contributed by atoms with Gasteiger partial charge >= 0.3 is 0 Å². The van der Waals surface area contributed by atoms with Gasteiger partial charge in [0.2, 0.25) is 0 Å². The Labute approximate surface area is 104 Å². The molecule has 0 saturated carbocycles. The van der Waals surface area contributed by atoms with Crippen molar-refractivity contribution < 1.29 is 8.42 Å². The molecule has 0 aromatic heterocycles. The highest BCUT2D eigenvalue weighted by atomic mass is 32.2. The van der Waals surface area contributed by atoms with E-state index in [1.165, 1.54) is 22.9 Å². The summed E-state index contributed by atoms with van der Waals surface area (Å²) in [5.74, 6) is 0.177. The van der Waals surface area contributed by atoms with Gasteiger partial charge in [-0.2, -0.15) is 0 Å². The Bertz CT molecular complexity index is 460. The van der Waals surface area contributed by atoms with Crippen LogP contribution in [0.15, 0.2) is 18.2 Å². The van der Waals surface area contributed by atoms with Crippen molar-refractivity contribution in [3.63, 3.8) is 0 Å². The second-order valence-corrected chi connectivity index (χ2v) is 6.96. The van der Waals surface area contributed by atoms with Crippen LogP contribution in [0.4, 0.5) is 0 Å². The van der Waals surface area contributed by atoms with Crippen LogP contribution >= 0.6 is 0 Å². The molecule has 96 valence electrons. The fourth-order valence-electron chi connectivity index (χ4n) is 2.08. The third kappa shape index (κ3) is 5.33. The zero-order valence-corrected chi connectivity index (χ0v) is 11.8. The van der Waals surface area contributed by atoms with Crippen LogP contribution < -0.4 is 5.32 Å². The van der Waals surface area contributed by atoms with E-state index < -0.39 is 9.84 Å². The molecular weight excluding hydrogens is 234 g/mol. The van der Waals surface area contributed by atoms with Crippen molar-refractivity contribution in [1.29, 1.82) is 0 Å². The zero-order valence-electron chi connectivity index (χ0n) is 10.9. The number of benzene rings is 1. The van der Waals surface area contributed by atoms with Gasteiger partial charge in [0, 0.05) is 12.3 Å². The lowest BCUT2D eigenvalue weighted by Gasteiger charge is -2.15. The van der Waals surface area contributed by atoms with E-state index >= 15 is 0 Å². The first-order chi connectivity index (χ1) is 7.80. The Kier molecular flexibility index (Phi) is 4.71. The molecular formula is C13H21NO2S. The van der Waals surface area contributed by atoms with E-state index in [0.29, 0.717) is 0 Å². The second kappa shape index (κ2) is 5.65. The monoisotopic (exact) mass is 255 g/mol. The minimum atomic E-state index is -2.94. The smallest absolute Gasteiger partial charge is 0.148 e. The van der Waals surface area contributed by atoms with Gasteiger partial charge in [0.25, 0.3) is 0 Å². The largest absolute Gasteiger partial charge is 0.316 e. The Morgan fingerprint density at radius 1 is 1.18 bits per heavy atom. The van der Waals surface area contributed by atoms with Crippen LogP contribution in [0.5, 0.6) is 0 Å². The summed E-state index contributed by atoms with van der Waals surface area (Å²) in [6.07, 6.45) is 2.02. The second-order valence-electron chi connectivity index (χ2n) is 4.78. The first kappa shape index (κ1) is 14.2. The van der Waals surface area contributed by atoms with Gasteiger partial charge in [-0.05, 0) is 32.9 Å². The molecule has 1 N–H and O–H groups in total. The molecule has 1 unspecified atom stereocenters. The molecule has 0 spiro atoms. The predicted molar refractivity (Wildman–Crippen MR) is 72.2 cm³/mol. The van der Waals surface area contributed by atoms with Crippen LogP contribution in [-0.2, 0) is 16.3 Å². The summed E-state index contributed by atoms with van der Waals surface area (Å²) in [6.45, 7) is 4.11. The summed E-state index contributed by atoms with van der Waals surface area (Å²) in [5.41, 5.74) is 3.62. The van der Waals surface area contributed by atoms with Crippen molar-refractivity contribution in [1.82, 2.24) is 5.32 Å². The molecule has 0 heterocycles. The van der Waals surface area contributed by atoms with Crippen LogP contribution in [0, 0.1) is 13.8 Å². The van der Waals surface area contributed by atoms with Crippen molar-refractivity contribution in [2.75, 3.05) is 19.1 Å². The molecule has 0 bridgehead atoms. The lowest BCUT2D eigenvalue weighted by Crippen LogP contribution is -2.34. The van der Waals surface area contributed by atoms with E-state index in [0.717, 1.165) is 6.42 Å². The average molecular weight is 255 g/mol. The van der Waals surface area contributed by atoms with Crippen molar-refractivity contribution in [3.05, 3.63) is 34.9 Å². The quantitative estimate of drug-likeness (QED) is 0.867. The number of sulfone groups is 1. The third-order valence-electron chi connectivity index (χ3n) is 2.68. The van der Waals surface area contributed by atoms with E-state index in [-0.39, 0.29) is 11.8 Å². The molecule has 0 aliphatic carbocycles. The van der Waals surface area contributed by atoms with E-state index in [4.69, 9.17) is 0 Å². The summed E-state index contributed by atoms with van der Waals surface area (Å²) in [7, 11) is -1.13. The lowest BCUT2D eigenvalue weighted by molar-refractivity contribution is 0.567. The van der Waals surface area contributed by atoms with Gasteiger partial charge in [0.15, 0.2) is 0 Å². The summed E-state index contributed by atoms with van der Waals surface area (Å²) in [4.78, 5) is 0. The molecule has 0 aliphatic rings. The normalized spacial score (nSPS) is 13.6. The van der Waals surface area contributed by atoms with Crippen LogP contribution in [0.1, 0.15) is 16.7 Å². The molecule has 1 rings (SSSR count). The third-order valence-corrected chi connectivity index (χ3v) is 3.68. The number of hydrogen-bond acceptors (Lipinski definition) is 3. The molecule has 1 atom stereocenters. The fourth-order valence-corrected chi connectivity index (χ4v) is 3.10. The first-order valence-electron chi connectivity index (χ1n) is 5.72. The summed E-state index contributed by atoms with van der Waals surface area (Å²) >= 11 is 0. The molecule has 17 heavy (non-hydrogen) atoms. The Hall–Kier alpha value is -0.870. The van der Waals surface area contributed by atoms with Crippen molar-refractivity contribution >= 4 is 9.84 Å². The van der Waals surface area contributed by atoms with E-state index in [1.54, 1.807) is 7.05 Å². The van der Waals surface area contributed by atoms with Crippen molar-refractivity contribution in [2.24, 2.45) is 0 Å².